The molecule has 0 spiro atoms. The number of nitrogens with zero attached hydrogens (tertiary/aromatic N) is 1. The molecule has 0 aliphatic carbocycles. The van der Waals surface area contributed by atoms with Crippen LogP contribution in [0.15, 0.2) is 29.6 Å². The van der Waals surface area contributed by atoms with Gasteiger partial charge in [0.2, 0.25) is 0 Å². The normalized spacial score (nSPS) is 10.3. The zero-order chi connectivity index (χ0) is 14.0. The van der Waals surface area contributed by atoms with Gasteiger partial charge in [0.25, 0.3) is 0 Å². The van der Waals surface area contributed by atoms with Gasteiger partial charge in [0.1, 0.15) is 10.6 Å². The van der Waals surface area contributed by atoms with Gasteiger partial charge in [-0.25, -0.2) is 4.79 Å². The maximum atomic E-state index is 11.8. The van der Waals surface area contributed by atoms with Crippen LogP contribution in [0.4, 0.5) is 10.7 Å². The number of hydrogen-bond donors (Lipinski definition) is 1. The van der Waals surface area contributed by atoms with Crippen LogP contribution in [0.3, 0.4) is 0 Å². The molecule has 1 heterocycles. The Kier molecular flexibility index (Phi) is 3.76. The first-order chi connectivity index (χ1) is 9.04. The van der Waals surface area contributed by atoms with Crippen molar-refractivity contribution in [3.63, 3.8) is 0 Å². The third-order valence-corrected chi connectivity index (χ3v) is 3.72. The highest BCUT2D eigenvalue weighted by molar-refractivity contribution is 7.14. The highest BCUT2D eigenvalue weighted by Crippen LogP contribution is 2.34. The number of nitrogen functional groups attached to an aromatic ring is 1. The number of thiophene rings is 1. The van der Waals surface area contributed by atoms with Gasteiger partial charge in [-0.1, -0.05) is 12.1 Å². The first kappa shape index (κ1) is 13.4. The van der Waals surface area contributed by atoms with E-state index in [1.807, 2.05) is 48.6 Å². The van der Waals surface area contributed by atoms with Gasteiger partial charge >= 0.3 is 5.97 Å². The SMILES string of the molecule is COC(=O)c1c(-c2ccc(N(C)C)cc2)csc1N. The number of hydrogen-bond acceptors (Lipinski definition) is 5. The predicted molar refractivity (Wildman–Crippen MR) is 79.8 cm³/mol. The average Bonchev–Trinajstić information content (AvgIpc) is 2.80. The second-order valence-corrected chi connectivity index (χ2v) is 5.23. The van der Waals surface area contributed by atoms with E-state index in [2.05, 4.69) is 0 Å². The lowest BCUT2D eigenvalue weighted by Gasteiger charge is -2.12. The number of carbonyl (C=O) groups is 1. The third-order valence-electron chi connectivity index (χ3n) is 2.90. The molecule has 0 unspecified atom stereocenters. The molecule has 1 aromatic carbocycles. The summed E-state index contributed by atoms with van der Waals surface area (Å²) in [5.74, 6) is -0.398. The highest BCUT2D eigenvalue weighted by Gasteiger charge is 2.19. The van der Waals surface area contributed by atoms with Gasteiger partial charge in [-0.05, 0) is 17.7 Å². The molecule has 19 heavy (non-hydrogen) atoms. The molecule has 0 aliphatic heterocycles. The molecule has 0 bridgehead atoms. The van der Waals surface area contributed by atoms with Gasteiger partial charge in [0, 0.05) is 30.7 Å². The Morgan fingerprint density at radius 1 is 1.26 bits per heavy atom. The molecule has 0 saturated heterocycles. The average molecular weight is 276 g/mol. The Bertz CT molecular complexity index is 588. The fourth-order valence-corrected chi connectivity index (χ4v) is 2.65. The van der Waals surface area contributed by atoms with Gasteiger partial charge in [0.05, 0.1) is 7.11 Å². The van der Waals surface area contributed by atoms with Gasteiger partial charge in [-0.15, -0.1) is 11.3 Å². The minimum absolute atomic E-state index is 0.398. The summed E-state index contributed by atoms with van der Waals surface area (Å²) in [4.78, 5) is 13.8. The predicted octanol–water partition coefficient (Wildman–Crippen LogP) is 2.85. The molecule has 100 valence electrons. The number of nitrogens with two attached hydrogens (primary N) is 1. The monoisotopic (exact) mass is 276 g/mol. The molecule has 0 saturated carbocycles. The van der Waals surface area contributed by atoms with Crippen molar-refractivity contribution in [2.45, 2.75) is 0 Å². The minimum atomic E-state index is -0.398. The fourth-order valence-electron chi connectivity index (χ4n) is 1.84. The van der Waals surface area contributed by atoms with Crippen molar-refractivity contribution in [3.8, 4) is 11.1 Å². The zero-order valence-electron chi connectivity index (χ0n) is 11.1. The summed E-state index contributed by atoms with van der Waals surface area (Å²) in [6.07, 6.45) is 0. The number of carbonyl (C=O) groups excluding carboxylic acids is 1. The number of esters is 1. The van der Waals surface area contributed by atoms with E-state index in [0.717, 1.165) is 16.8 Å². The molecule has 2 N–H and O–H groups in total. The summed E-state index contributed by atoms with van der Waals surface area (Å²) in [5, 5.41) is 2.37. The van der Waals surface area contributed by atoms with Crippen LogP contribution in [0.5, 0.6) is 0 Å². The van der Waals surface area contributed by atoms with E-state index in [1.165, 1.54) is 18.4 Å². The van der Waals surface area contributed by atoms with E-state index in [1.54, 1.807) is 0 Å². The summed E-state index contributed by atoms with van der Waals surface area (Å²) >= 11 is 1.35. The standard InChI is InChI=1S/C14H16N2O2S/c1-16(2)10-6-4-9(5-7-10)11-8-19-13(15)12(11)14(17)18-3/h4-8H,15H2,1-3H3. The van der Waals surface area contributed by atoms with E-state index in [9.17, 15) is 4.79 Å². The zero-order valence-corrected chi connectivity index (χ0v) is 12.0. The van der Waals surface area contributed by atoms with Crippen LogP contribution >= 0.6 is 11.3 Å². The number of methoxy groups -OCH3 is 1. The molecule has 2 aromatic rings. The molecular formula is C14H16N2O2S. The largest absolute Gasteiger partial charge is 0.465 e. The smallest absolute Gasteiger partial charge is 0.341 e. The van der Waals surface area contributed by atoms with Crippen molar-refractivity contribution in [3.05, 3.63) is 35.2 Å². The summed E-state index contributed by atoms with van der Waals surface area (Å²) in [7, 11) is 5.33. The summed E-state index contributed by atoms with van der Waals surface area (Å²) in [5.41, 5.74) is 9.17. The quantitative estimate of drug-likeness (QED) is 0.876. The number of benzene rings is 1. The Morgan fingerprint density at radius 2 is 1.89 bits per heavy atom. The first-order valence-electron chi connectivity index (χ1n) is 5.77. The maximum absolute atomic E-state index is 11.8. The molecule has 0 aliphatic rings. The van der Waals surface area contributed by atoms with Gasteiger partial charge in [0.15, 0.2) is 0 Å². The van der Waals surface area contributed by atoms with Gasteiger partial charge in [-0.2, -0.15) is 0 Å². The van der Waals surface area contributed by atoms with E-state index >= 15 is 0 Å². The summed E-state index contributed by atoms with van der Waals surface area (Å²) in [6.45, 7) is 0. The van der Waals surface area contributed by atoms with Crippen molar-refractivity contribution in [2.75, 3.05) is 31.8 Å². The molecule has 4 nitrogen and oxygen atoms in total. The Balaban J connectivity index is 2.45. The topological polar surface area (TPSA) is 55.6 Å². The van der Waals surface area contributed by atoms with E-state index < -0.39 is 5.97 Å². The molecular weight excluding hydrogens is 260 g/mol. The number of rotatable bonds is 3. The van der Waals surface area contributed by atoms with Crippen molar-refractivity contribution < 1.29 is 9.53 Å². The Morgan fingerprint density at radius 3 is 2.42 bits per heavy atom. The van der Waals surface area contributed by atoms with Crippen molar-refractivity contribution in [2.24, 2.45) is 0 Å². The van der Waals surface area contributed by atoms with Crippen LogP contribution in [0, 0.1) is 0 Å². The van der Waals surface area contributed by atoms with E-state index in [0.29, 0.717) is 10.6 Å². The lowest BCUT2D eigenvalue weighted by atomic mass is 10.0. The van der Waals surface area contributed by atoms with Crippen LogP contribution in [-0.2, 0) is 4.74 Å². The van der Waals surface area contributed by atoms with Gasteiger partial charge in [-0.3, -0.25) is 0 Å². The maximum Gasteiger partial charge on any atom is 0.341 e. The lowest BCUT2D eigenvalue weighted by molar-refractivity contribution is 0.0603. The second kappa shape index (κ2) is 5.32. The molecule has 5 heteroatoms. The molecule has 0 radical (unpaired) electrons. The van der Waals surface area contributed by atoms with Crippen LogP contribution in [0.1, 0.15) is 10.4 Å². The Hall–Kier alpha value is -2.01. The third kappa shape index (κ3) is 2.56. The highest BCUT2D eigenvalue weighted by atomic mass is 32.1. The van der Waals surface area contributed by atoms with Crippen LogP contribution in [0.2, 0.25) is 0 Å². The van der Waals surface area contributed by atoms with Crippen molar-refractivity contribution >= 4 is 28.0 Å². The number of anilines is 2. The summed E-state index contributed by atoms with van der Waals surface area (Å²) < 4.78 is 4.78. The van der Waals surface area contributed by atoms with Crippen LogP contribution in [-0.4, -0.2) is 27.2 Å². The van der Waals surface area contributed by atoms with E-state index in [4.69, 9.17) is 10.5 Å². The van der Waals surface area contributed by atoms with Crippen molar-refractivity contribution in [1.82, 2.24) is 0 Å². The van der Waals surface area contributed by atoms with Crippen LogP contribution < -0.4 is 10.6 Å². The number of ether oxygens (including phenoxy) is 1. The summed E-state index contributed by atoms with van der Waals surface area (Å²) in [6, 6.07) is 7.96. The second-order valence-electron chi connectivity index (χ2n) is 4.32. The first-order valence-corrected chi connectivity index (χ1v) is 6.65. The molecule has 0 fully saturated rings. The molecule has 0 amide bonds. The lowest BCUT2D eigenvalue weighted by Crippen LogP contribution is -2.08. The van der Waals surface area contributed by atoms with E-state index in [-0.39, 0.29) is 0 Å². The molecule has 1 aromatic heterocycles. The van der Waals surface area contributed by atoms with Gasteiger partial charge < -0.3 is 15.4 Å². The Labute approximate surface area is 116 Å². The minimum Gasteiger partial charge on any atom is -0.465 e. The fraction of sp³-hybridized carbons (Fsp3) is 0.214. The van der Waals surface area contributed by atoms with Crippen LogP contribution in [0.25, 0.3) is 11.1 Å². The molecule has 0 atom stereocenters. The molecule has 2 rings (SSSR count). The van der Waals surface area contributed by atoms with Crippen molar-refractivity contribution in [1.29, 1.82) is 0 Å².